The maximum Gasteiger partial charge on any atom is 0.239 e. The molecule has 0 saturated heterocycles. The summed E-state index contributed by atoms with van der Waals surface area (Å²) in [5.74, 6) is 0.0382. The van der Waals surface area contributed by atoms with Crippen LogP contribution >= 0.6 is 0 Å². The van der Waals surface area contributed by atoms with E-state index in [2.05, 4.69) is 54.5 Å². The van der Waals surface area contributed by atoms with Gasteiger partial charge in [0.05, 0.1) is 6.54 Å². The summed E-state index contributed by atoms with van der Waals surface area (Å²) in [6.07, 6.45) is 0. The predicted octanol–water partition coefficient (Wildman–Crippen LogP) is 1.68. The number of carbonyl (C=O) groups excluding carboxylic acids is 1. The number of hydrogen-bond donors (Lipinski definition) is 2. The Hall–Kier alpha value is -1.55. The number of likely N-dealkylation sites (N-methyl/N-ethyl adjacent to an activating group) is 2. The average Bonchev–Trinajstić information content (AvgIpc) is 2.43. The number of aryl methyl sites for hydroxylation is 1. The van der Waals surface area contributed by atoms with Crippen molar-refractivity contribution in [3.63, 3.8) is 0 Å². The average molecular weight is 263 g/mol. The van der Waals surface area contributed by atoms with Crippen molar-refractivity contribution in [3.05, 3.63) is 29.3 Å². The number of carbonyl (C=O) groups is 1. The molecule has 0 aliphatic rings. The van der Waals surface area contributed by atoms with Gasteiger partial charge >= 0.3 is 0 Å². The van der Waals surface area contributed by atoms with Gasteiger partial charge in [-0.3, -0.25) is 4.79 Å². The first kappa shape index (κ1) is 15.5. The SMILES string of the molecule is CCNCc1ccc(N(CC)CC(=O)NC)cc1C. The third-order valence-electron chi connectivity index (χ3n) is 3.25. The van der Waals surface area contributed by atoms with Crippen molar-refractivity contribution < 1.29 is 4.79 Å². The molecule has 19 heavy (non-hydrogen) atoms. The van der Waals surface area contributed by atoms with E-state index >= 15 is 0 Å². The molecular formula is C15H25N3O. The van der Waals surface area contributed by atoms with Crippen LogP contribution in [0.5, 0.6) is 0 Å². The Balaban J connectivity index is 2.82. The van der Waals surface area contributed by atoms with E-state index in [0.717, 1.165) is 25.3 Å². The Morgan fingerprint density at radius 1 is 1.32 bits per heavy atom. The van der Waals surface area contributed by atoms with Gasteiger partial charge in [-0.05, 0) is 43.7 Å². The van der Waals surface area contributed by atoms with Crippen LogP contribution in [0.4, 0.5) is 5.69 Å². The number of hydrogen-bond acceptors (Lipinski definition) is 3. The van der Waals surface area contributed by atoms with Crippen LogP contribution in [-0.4, -0.2) is 32.6 Å². The molecule has 0 saturated carbocycles. The molecule has 1 aromatic carbocycles. The maximum atomic E-state index is 11.5. The summed E-state index contributed by atoms with van der Waals surface area (Å²) < 4.78 is 0. The van der Waals surface area contributed by atoms with Crippen molar-refractivity contribution in [1.82, 2.24) is 10.6 Å². The highest BCUT2D eigenvalue weighted by Crippen LogP contribution is 2.19. The second-order valence-electron chi connectivity index (χ2n) is 4.58. The summed E-state index contributed by atoms with van der Waals surface area (Å²) in [6, 6.07) is 6.38. The van der Waals surface area contributed by atoms with Crippen LogP contribution in [0, 0.1) is 6.92 Å². The van der Waals surface area contributed by atoms with Gasteiger partial charge in [0.25, 0.3) is 0 Å². The molecule has 106 valence electrons. The van der Waals surface area contributed by atoms with E-state index in [1.165, 1.54) is 11.1 Å². The van der Waals surface area contributed by atoms with Gasteiger partial charge in [0.2, 0.25) is 5.91 Å². The zero-order chi connectivity index (χ0) is 14.3. The summed E-state index contributed by atoms with van der Waals surface area (Å²) in [4.78, 5) is 13.6. The second kappa shape index (κ2) is 7.79. The summed E-state index contributed by atoms with van der Waals surface area (Å²) >= 11 is 0. The van der Waals surface area contributed by atoms with E-state index in [1.54, 1.807) is 7.05 Å². The topological polar surface area (TPSA) is 44.4 Å². The van der Waals surface area contributed by atoms with Gasteiger partial charge in [-0.15, -0.1) is 0 Å². The third kappa shape index (κ3) is 4.56. The van der Waals surface area contributed by atoms with Crippen LogP contribution in [0.25, 0.3) is 0 Å². The Labute approximate surface area is 116 Å². The minimum absolute atomic E-state index is 0.0382. The van der Waals surface area contributed by atoms with Crippen LogP contribution in [0.2, 0.25) is 0 Å². The molecule has 0 aliphatic heterocycles. The molecule has 1 amide bonds. The lowest BCUT2D eigenvalue weighted by molar-refractivity contribution is -0.119. The molecule has 0 unspecified atom stereocenters. The summed E-state index contributed by atoms with van der Waals surface area (Å²) in [5.41, 5.74) is 3.67. The monoisotopic (exact) mass is 263 g/mol. The van der Waals surface area contributed by atoms with Crippen LogP contribution in [0.3, 0.4) is 0 Å². The van der Waals surface area contributed by atoms with Gasteiger partial charge in [0.1, 0.15) is 0 Å². The van der Waals surface area contributed by atoms with Crippen LogP contribution in [-0.2, 0) is 11.3 Å². The van der Waals surface area contributed by atoms with Crippen LogP contribution in [0.15, 0.2) is 18.2 Å². The molecule has 0 bridgehead atoms. The summed E-state index contributed by atoms with van der Waals surface area (Å²) in [5, 5.41) is 5.99. The zero-order valence-corrected chi connectivity index (χ0v) is 12.4. The van der Waals surface area contributed by atoms with Crippen molar-refractivity contribution in [3.8, 4) is 0 Å². The lowest BCUT2D eigenvalue weighted by Crippen LogP contribution is -2.35. The normalized spacial score (nSPS) is 10.3. The highest BCUT2D eigenvalue weighted by Gasteiger charge is 2.09. The minimum atomic E-state index is 0.0382. The van der Waals surface area contributed by atoms with Gasteiger partial charge in [-0.2, -0.15) is 0 Å². The first-order valence-corrected chi connectivity index (χ1v) is 6.88. The standard InChI is InChI=1S/C15H25N3O/c1-5-17-10-13-7-8-14(9-12(13)3)18(6-2)11-15(19)16-4/h7-9,17H,5-6,10-11H2,1-4H3,(H,16,19). The first-order chi connectivity index (χ1) is 9.12. The fourth-order valence-corrected chi connectivity index (χ4v) is 1.97. The zero-order valence-electron chi connectivity index (χ0n) is 12.4. The lowest BCUT2D eigenvalue weighted by Gasteiger charge is -2.23. The second-order valence-corrected chi connectivity index (χ2v) is 4.58. The molecule has 4 nitrogen and oxygen atoms in total. The van der Waals surface area contributed by atoms with Crippen molar-refractivity contribution in [1.29, 1.82) is 0 Å². The highest BCUT2D eigenvalue weighted by molar-refractivity contribution is 5.81. The van der Waals surface area contributed by atoms with E-state index in [4.69, 9.17) is 0 Å². The first-order valence-electron chi connectivity index (χ1n) is 6.88. The van der Waals surface area contributed by atoms with Gasteiger partial charge in [0.15, 0.2) is 0 Å². The van der Waals surface area contributed by atoms with Gasteiger partial charge in [0, 0.05) is 25.8 Å². The highest BCUT2D eigenvalue weighted by atomic mass is 16.1. The van der Waals surface area contributed by atoms with Gasteiger partial charge < -0.3 is 15.5 Å². The molecule has 2 N–H and O–H groups in total. The Bertz CT molecular complexity index is 418. The largest absolute Gasteiger partial charge is 0.362 e. The molecule has 0 heterocycles. The van der Waals surface area contributed by atoms with E-state index in [1.807, 2.05) is 0 Å². The Morgan fingerprint density at radius 3 is 2.58 bits per heavy atom. The van der Waals surface area contributed by atoms with Crippen molar-refractivity contribution in [2.24, 2.45) is 0 Å². The minimum Gasteiger partial charge on any atom is -0.362 e. The molecule has 0 spiro atoms. The summed E-state index contributed by atoms with van der Waals surface area (Å²) in [7, 11) is 1.67. The maximum absolute atomic E-state index is 11.5. The molecule has 0 fully saturated rings. The van der Waals surface area contributed by atoms with Crippen molar-refractivity contribution in [2.45, 2.75) is 27.3 Å². The molecule has 4 heteroatoms. The van der Waals surface area contributed by atoms with Gasteiger partial charge in [-0.25, -0.2) is 0 Å². The number of anilines is 1. The number of nitrogens with one attached hydrogen (secondary N) is 2. The summed E-state index contributed by atoms with van der Waals surface area (Å²) in [6.45, 7) is 9.36. The number of benzene rings is 1. The molecule has 0 atom stereocenters. The predicted molar refractivity (Wildman–Crippen MR) is 80.5 cm³/mol. The van der Waals surface area contributed by atoms with Crippen LogP contribution in [0.1, 0.15) is 25.0 Å². The number of amides is 1. The quantitative estimate of drug-likeness (QED) is 0.786. The van der Waals surface area contributed by atoms with E-state index in [9.17, 15) is 4.79 Å². The Morgan fingerprint density at radius 2 is 2.05 bits per heavy atom. The molecular weight excluding hydrogens is 238 g/mol. The molecule has 0 aromatic heterocycles. The lowest BCUT2D eigenvalue weighted by atomic mass is 10.1. The smallest absolute Gasteiger partial charge is 0.239 e. The van der Waals surface area contributed by atoms with E-state index in [0.29, 0.717) is 6.54 Å². The number of rotatable bonds is 7. The van der Waals surface area contributed by atoms with Crippen molar-refractivity contribution in [2.75, 3.05) is 31.6 Å². The third-order valence-corrected chi connectivity index (χ3v) is 3.25. The fraction of sp³-hybridized carbons (Fsp3) is 0.533. The van der Waals surface area contributed by atoms with E-state index < -0.39 is 0 Å². The van der Waals surface area contributed by atoms with Crippen LogP contribution < -0.4 is 15.5 Å². The van der Waals surface area contributed by atoms with Gasteiger partial charge in [-0.1, -0.05) is 13.0 Å². The molecule has 1 aromatic rings. The molecule has 1 rings (SSSR count). The van der Waals surface area contributed by atoms with E-state index in [-0.39, 0.29) is 5.91 Å². The molecule has 0 aliphatic carbocycles. The van der Waals surface area contributed by atoms with Crippen molar-refractivity contribution >= 4 is 11.6 Å². The molecule has 0 radical (unpaired) electrons. The Kier molecular flexibility index (Phi) is 6.36. The fourth-order valence-electron chi connectivity index (χ4n) is 1.97. The number of nitrogens with zero attached hydrogens (tertiary/aromatic N) is 1.